The van der Waals surface area contributed by atoms with E-state index >= 15 is 0 Å². The molecule has 2 N–H and O–H groups in total. The molecular weight excluding hydrogens is 274 g/mol. The summed E-state index contributed by atoms with van der Waals surface area (Å²) in [4.78, 5) is 14.7. The molecule has 2 aromatic heterocycles. The molecule has 3 heterocycles. The van der Waals surface area contributed by atoms with Gasteiger partial charge in [0.1, 0.15) is 17.9 Å². The number of aromatic nitrogens is 4. The lowest BCUT2D eigenvalue weighted by Crippen LogP contribution is -2.32. The maximum Gasteiger partial charge on any atom is 0.357 e. The van der Waals surface area contributed by atoms with Crippen molar-refractivity contribution >= 4 is 12.0 Å². The zero-order valence-electron chi connectivity index (χ0n) is 11.9. The van der Waals surface area contributed by atoms with Gasteiger partial charge in [-0.2, -0.15) is 4.98 Å². The van der Waals surface area contributed by atoms with E-state index in [0.29, 0.717) is 5.92 Å². The first-order chi connectivity index (χ1) is 10.0. The predicted molar refractivity (Wildman–Crippen MR) is 73.3 cm³/mol. The molecule has 1 atom stereocenters. The number of rotatable bonds is 4. The second-order valence-electron chi connectivity index (χ2n) is 5.46. The number of anilines is 1. The zero-order chi connectivity index (χ0) is 15.0. The number of hydrogen-bond donors (Lipinski definition) is 2. The monoisotopic (exact) mass is 291 g/mol. The Morgan fingerprint density at radius 2 is 2.33 bits per heavy atom. The third kappa shape index (κ3) is 2.61. The largest absolute Gasteiger partial charge is 0.476 e. The number of nitrogens with zero attached hydrogens (tertiary/aromatic N) is 4. The Hall–Kier alpha value is -2.38. The molecule has 0 amide bonds. The van der Waals surface area contributed by atoms with E-state index in [1.807, 2.05) is 0 Å². The minimum atomic E-state index is -1.10. The molecule has 3 rings (SSSR count). The third-order valence-corrected chi connectivity index (χ3v) is 3.54. The Morgan fingerprint density at radius 1 is 1.52 bits per heavy atom. The Bertz CT molecular complexity index is 661. The Balaban J connectivity index is 1.73. The number of aryl methyl sites for hydroxylation is 1. The second kappa shape index (κ2) is 5.19. The molecule has 8 nitrogen and oxygen atoms in total. The summed E-state index contributed by atoms with van der Waals surface area (Å²) >= 11 is 0. The van der Waals surface area contributed by atoms with E-state index < -0.39 is 5.97 Å². The minimum absolute atomic E-state index is 0.0961. The van der Waals surface area contributed by atoms with E-state index in [9.17, 15) is 4.79 Å². The fourth-order valence-corrected chi connectivity index (χ4v) is 2.51. The molecule has 1 aliphatic rings. The van der Waals surface area contributed by atoms with Crippen LogP contribution >= 0.6 is 0 Å². The molecular formula is C13H17N5O3. The van der Waals surface area contributed by atoms with Crippen LogP contribution in [0.1, 0.15) is 48.3 Å². The van der Waals surface area contributed by atoms with Crippen LogP contribution in [0.15, 0.2) is 10.7 Å². The maximum absolute atomic E-state index is 10.8. The quantitative estimate of drug-likeness (QED) is 0.879. The summed E-state index contributed by atoms with van der Waals surface area (Å²) in [6.45, 7) is 4.89. The lowest BCUT2D eigenvalue weighted by molar-refractivity contribution is 0.0690. The Labute approximate surface area is 121 Å². The molecule has 0 aromatic carbocycles. The average molecular weight is 291 g/mol. The lowest BCUT2D eigenvalue weighted by atomic mass is 10.1. The van der Waals surface area contributed by atoms with Crippen LogP contribution in [-0.4, -0.2) is 36.9 Å². The summed E-state index contributed by atoms with van der Waals surface area (Å²) in [5.74, 6) is 1.18. The minimum Gasteiger partial charge on any atom is -0.476 e. The summed E-state index contributed by atoms with van der Waals surface area (Å²) in [6, 6.07) is 0.353. The fraction of sp³-hybridized carbons (Fsp3) is 0.538. The van der Waals surface area contributed by atoms with Gasteiger partial charge in [0, 0.05) is 24.9 Å². The van der Waals surface area contributed by atoms with E-state index in [2.05, 4.69) is 38.9 Å². The van der Waals surface area contributed by atoms with Crippen molar-refractivity contribution in [1.29, 1.82) is 0 Å². The van der Waals surface area contributed by atoms with Crippen LogP contribution in [-0.2, 0) is 13.0 Å². The van der Waals surface area contributed by atoms with Gasteiger partial charge in [0.2, 0.25) is 0 Å². The standard InChI is InChI=1S/C13H17N5O3/c1-7(2)11-17-16-10-4-3-8(5-18(10)11)14-13-15-9(6-21-13)12(19)20/h6-8H,3-5H2,1-2H3,(H,14,15)(H,19,20). The van der Waals surface area contributed by atoms with Gasteiger partial charge < -0.3 is 19.4 Å². The highest BCUT2D eigenvalue weighted by Gasteiger charge is 2.25. The van der Waals surface area contributed by atoms with Crippen molar-refractivity contribution in [2.24, 2.45) is 0 Å². The van der Waals surface area contributed by atoms with Crippen LogP contribution in [0.2, 0.25) is 0 Å². The summed E-state index contributed by atoms with van der Waals surface area (Å²) in [6.07, 6.45) is 2.84. The molecule has 1 aliphatic heterocycles. The molecule has 1 unspecified atom stereocenters. The summed E-state index contributed by atoms with van der Waals surface area (Å²) < 4.78 is 7.25. The highest BCUT2D eigenvalue weighted by molar-refractivity contribution is 5.85. The van der Waals surface area contributed by atoms with Crippen molar-refractivity contribution in [1.82, 2.24) is 19.7 Å². The van der Waals surface area contributed by atoms with Crippen molar-refractivity contribution < 1.29 is 14.3 Å². The van der Waals surface area contributed by atoms with Crippen molar-refractivity contribution in [2.45, 2.75) is 45.2 Å². The topological polar surface area (TPSA) is 106 Å². The number of fused-ring (bicyclic) bond motifs is 1. The van der Waals surface area contributed by atoms with Crippen LogP contribution in [0, 0.1) is 0 Å². The summed E-state index contributed by atoms with van der Waals surface area (Å²) in [5, 5.41) is 20.4. The summed E-state index contributed by atoms with van der Waals surface area (Å²) in [7, 11) is 0. The molecule has 0 bridgehead atoms. The van der Waals surface area contributed by atoms with Crippen molar-refractivity contribution in [3.05, 3.63) is 23.6 Å². The second-order valence-corrected chi connectivity index (χ2v) is 5.46. The number of aromatic carboxylic acids is 1. The molecule has 0 fully saturated rings. The molecule has 0 radical (unpaired) electrons. The molecule has 112 valence electrons. The van der Waals surface area contributed by atoms with Gasteiger partial charge in [-0.25, -0.2) is 4.79 Å². The van der Waals surface area contributed by atoms with Crippen LogP contribution in [0.25, 0.3) is 0 Å². The predicted octanol–water partition coefficient (Wildman–Crippen LogP) is 1.51. The van der Waals surface area contributed by atoms with Gasteiger partial charge >= 0.3 is 5.97 Å². The SMILES string of the molecule is CC(C)c1nnc2n1CC(Nc1nc(C(=O)O)co1)CC2. The van der Waals surface area contributed by atoms with Crippen molar-refractivity contribution in [3.8, 4) is 0 Å². The average Bonchev–Trinajstić information content (AvgIpc) is 3.04. The molecule has 0 aliphatic carbocycles. The van der Waals surface area contributed by atoms with E-state index in [1.165, 1.54) is 0 Å². The van der Waals surface area contributed by atoms with Crippen molar-refractivity contribution in [3.63, 3.8) is 0 Å². The first kappa shape index (κ1) is 13.6. The molecule has 8 heteroatoms. The Kier molecular flexibility index (Phi) is 3.36. The first-order valence-electron chi connectivity index (χ1n) is 6.92. The number of carbonyl (C=O) groups is 1. The van der Waals surface area contributed by atoms with E-state index in [1.54, 1.807) is 0 Å². The highest BCUT2D eigenvalue weighted by Crippen LogP contribution is 2.22. The van der Waals surface area contributed by atoms with Gasteiger partial charge in [0.25, 0.3) is 6.01 Å². The van der Waals surface area contributed by atoms with Gasteiger partial charge in [-0.05, 0) is 6.42 Å². The smallest absolute Gasteiger partial charge is 0.357 e. The summed E-state index contributed by atoms with van der Waals surface area (Å²) in [5.41, 5.74) is -0.0961. The number of carboxylic acids is 1. The molecule has 2 aromatic rings. The number of hydrogen-bond acceptors (Lipinski definition) is 6. The van der Waals surface area contributed by atoms with Crippen molar-refractivity contribution in [2.75, 3.05) is 5.32 Å². The number of nitrogens with one attached hydrogen (secondary N) is 1. The third-order valence-electron chi connectivity index (χ3n) is 3.54. The molecule has 0 saturated heterocycles. The van der Waals surface area contributed by atoms with Gasteiger partial charge in [0.15, 0.2) is 5.69 Å². The molecule has 0 saturated carbocycles. The van der Waals surface area contributed by atoms with Crippen LogP contribution < -0.4 is 5.32 Å². The highest BCUT2D eigenvalue weighted by atomic mass is 16.4. The Morgan fingerprint density at radius 3 is 3.00 bits per heavy atom. The zero-order valence-corrected chi connectivity index (χ0v) is 11.9. The van der Waals surface area contributed by atoms with Gasteiger partial charge in [-0.1, -0.05) is 13.8 Å². The van der Waals surface area contributed by atoms with E-state index in [0.717, 1.165) is 37.3 Å². The van der Waals surface area contributed by atoms with Gasteiger partial charge in [-0.15, -0.1) is 10.2 Å². The molecule has 0 spiro atoms. The van der Waals surface area contributed by atoms with Gasteiger partial charge in [0.05, 0.1) is 0 Å². The number of carboxylic acid groups (broad SMARTS) is 1. The first-order valence-corrected chi connectivity index (χ1v) is 6.92. The van der Waals surface area contributed by atoms with E-state index in [-0.39, 0.29) is 17.8 Å². The van der Waals surface area contributed by atoms with E-state index in [4.69, 9.17) is 9.52 Å². The molecule has 21 heavy (non-hydrogen) atoms. The lowest BCUT2D eigenvalue weighted by Gasteiger charge is -2.25. The maximum atomic E-state index is 10.8. The van der Waals surface area contributed by atoms with Gasteiger partial charge in [-0.3, -0.25) is 0 Å². The van der Waals surface area contributed by atoms with Crippen LogP contribution in [0.3, 0.4) is 0 Å². The fourth-order valence-electron chi connectivity index (χ4n) is 2.51. The van der Waals surface area contributed by atoms with Crippen LogP contribution in [0.5, 0.6) is 0 Å². The van der Waals surface area contributed by atoms with Crippen LogP contribution in [0.4, 0.5) is 6.01 Å². The normalized spacial score (nSPS) is 17.8. The number of oxazole rings is 1.